The molecule has 0 amide bonds. The molecule has 4 nitrogen and oxygen atoms in total. The van der Waals surface area contributed by atoms with Gasteiger partial charge in [-0.2, -0.15) is 0 Å². The fraction of sp³-hybridized carbons (Fsp3) is 0.917. The van der Waals surface area contributed by atoms with Crippen molar-refractivity contribution in [3.8, 4) is 0 Å². The van der Waals surface area contributed by atoms with Crippen LogP contribution in [0.2, 0.25) is 0 Å². The minimum absolute atomic E-state index is 0.444. The Labute approximate surface area is 96.0 Å². The average Bonchev–Trinajstić information content (AvgIpc) is 2.70. The predicted molar refractivity (Wildman–Crippen MR) is 60.2 cm³/mol. The van der Waals surface area contributed by atoms with Crippen LogP contribution in [0, 0.1) is 17.3 Å². The molecule has 2 N–H and O–H groups in total. The smallest absolute Gasteiger partial charge is 0.309 e. The number of nitrogens with one attached hydrogen (secondary N) is 1. The number of carbonyl (C=O) groups is 1. The fourth-order valence-corrected chi connectivity index (χ4v) is 3.60. The highest BCUT2D eigenvalue weighted by Gasteiger charge is 2.51. The van der Waals surface area contributed by atoms with Crippen LogP contribution in [0.1, 0.15) is 19.8 Å². The summed E-state index contributed by atoms with van der Waals surface area (Å²) >= 11 is 0. The largest absolute Gasteiger partial charge is 0.481 e. The molecular weight excluding hydrogens is 204 g/mol. The lowest BCUT2D eigenvalue weighted by molar-refractivity contribution is -0.157. The molecule has 3 fully saturated rings. The SMILES string of the molecule is CC1(C(=O)O)CC(N2C[C@H]3CNC[C@H]3C2)C1. The summed E-state index contributed by atoms with van der Waals surface area (Å²) < 4.78 is 0. The molecule has 1 saturated carbocycles. The van der Waals surface area contributed by atoms with Gasteiger partial charge in [-0.05, 0) is 44.7 Å². The monoisotopic (exact) mass is 224 g/mol. The minimum Gasteiger partial charge on any atom is -0.481 e. The average molecular weight is 224 g/mol. The number of likely N-dealkylation sites (tertiary alicyclic amines) is 1. The van der Waals surface area contributed by atoms with E-state index in [1.54, 1.807) is 0 Å². The lowest BCUT2D eigenvalue weighted by atomic mass is 9.66. The first-order chi connectivity index (χ1) is 7.58. The third kappa shape index (κ3) is 1.47. The van der Waals surface area contributed by atoms with Crippen LogP contribution in [0.15, 0.2) is 0 Å². The van der Waals surface area contributed by atoms with E-state index in [0.29, 0.717) is 6.04 Å². The van der Waals surface area contributed by atoms with Crippen molar-refractivity contribution >= 4 is 5.97 Å². The van der Waals surface area contributed by atoms with Gasteiger partial charge in [0, 0.05) is 19.1 Å². The zero-order chi connectivity index (χ0) is 11.3. The number of aliphatic carboxylic acids is 1. The Morgan fingerprint density at radius 3 is 2.38 bits per heavy atom. The summed E-state index contributed by atoms with van der Waals surface area (Å²) in [5.41, 5.74) is -0.444. The predicted octanol–water partition coefficient (Wildman–Crippen LogP) is 0.391. The van der Waals surface area contributed by atoms with Gasteiger partial charge in [0.05, 0.1) is 5.41 Å². The van der Waals surface area contributed by atoms with Crippen molar-refractivity contribution < 1.29 is 9.90 Å². The normalized spacial score (nSPS) is 47.7. The summed E-state index contributed by atoms with van der Waals surface area (Å²) in [6.45, 7) is 6.55. The summed E-state index contributed by atoms with van der Waals surface area (Å²) in [7, 11) is 0. The van der Waals surface area contributed by atoms with Gasteiger partial charge in [-0.3, -0.25) is 9.69 Å². The van der Waals surface area contributed by atoms with Crippen LogP contribution in [0.4, 0.5) is 0 Å². The van der Waals surface area contributed by atoms with Crippen molar-refractivity contribution in [3.05, 3.63) is 0 Å². The molecule has 2 aliphatic heterocycles. The van der Waals surface area contributed by atoms with E-state index < -0.39 is 11.4 Å². The Kier molecular flexibility index (Phi) is 2.27. The van der Waals surface area contributed by atoms with Crippen molar-refractivity contribution in [2.24, 2.45) is 17.3 Å². The molecule has 3 rings (SSSR count). The highest BCUT2D eigenvalue weighted by Crippen LogP contribution is 2.45. The maximum Gasteiger partial charge on any atom is 0.309 e. The molecule has 2 saturated heterocycles. The van der Waals surface area contributed by atoms with E-state index in [2.05, 4.69) is 10.2 Å². The number of rotatable bonds is 2. The van der Waals surface area contributed by atoms with Crippen LogP contribution in [-0.2, 0) is 4.79 Å². The molecule has 0 aromatic rings. The first-order valence-electron chi connectivity index (χ1n) is 6.27. The molecule has 4 heteroatoms. The third-order valence-electron chi connectivity index (χ3n) is 4.82. The first kappa shape index (κ1) is 10.5. The molecule has 0 unspecified atom stereocenters. The quantitative estimate of drug-likeness (QED) is 0.712. The van der Waals surface area contributed by atoms with Crippen LogP contribution in [0.3, 0.4) is 0 Å². The van der Waals surface area contributed by atoms with Gasteiger partial charge in [-0.15, -0.1) is 0 Å². The van der Waals surface area contributed by atoms with Crippen molar-refractivity contribution in [1.29, 1.82) is 0 Å². The number of carboxylic acids is 1. The molecule has 0 radical (unpaired) electrons. The van der Waals surface area contributed by atoms with Gasteiger partial charge in [0.1, 0.15) is 0 Å². The second-order valence-corrected chi connectivity index (χ2v) is 6.06. The van der Waals surface area contributed by atoms with E-state index in [1.807, 2.05) is 6.92 Å². The number of nitrogens with zero attached hydrogens (tertiary/aromatic N) is 1. The number of hydrogen-bond acceptors (Lipinski definition) is 3. The van der Waals surface area contributed by atoms with Crippen molar-refractivity contribution in [3.63, 3.8) is 0 Å². The Hall–Kier alpha value is -0.610. The zero-order valence-electron chi connectivity index (χ0n) is 9.78. The Balaban J connectivity index is 1.56. The number of hydrogen-bond donors (Lipinski definition) is 2. The topological polar surface area (TPSA) is 52.6 Å². The van der Waals surface area contributed by atoms with E-state index >= 15 is 0 Å². The van der Waals surface area contributed by atoms with Gasteiger partial charge in [0.2, 0.25) is 0 Å². The second-order valence-electron chi connectivity index (χ2n) is 6.06. The molecular formula is C12H20N2O2. The number of fused-ring (bicyclic) bond motifs is 1. The van der Waals surface area contributed by atoms with Crippen molar-refractivity contribution in [1.82, 2.24) is 10.2 Å². The molecule has 1 aliphatic carbocycles. The Morgan fingerprint density at radius 1 is 1.31 bits per heavy atom. The van der Waals surface area contributed by atoms with E-state index in [4.69, 9.17) is 5.11 Å². The van der Waals surface area contributed by atoms with Crippen LogP contribution < -0.4 is 5.32 Å². The van der Waals surface area contributed by atoms with Crippen molar-refractivity contribution in [2.45, 2.75) is 25.8 Å². The van der Waals surface area contributed by atoms with E-state index in [0.717, 1.165) is 37.8 Å². The lowest BCUT2D eigenvalue weighted by Crippen LogP contribution is -2.52. The lowest BCUT2D eigenvalue weighted by Gasteiger charge is -2.46. The molecule has 0 bridgehead atoms. The van der Waals surface area contributed by atoms with Crippen molar-refractivity contribution in [2.75, 3.05) is 26.2 Å². The number of carboxylic acid groups (broad SMARTS) is 1. The van der Waals surface area contributed by atoms with E-state index in [9.17, 15) is 4.79 Å². The summed E-state index contributed by atoms with van der Waals surface area (Å²) in [5.74, 6) is 1.01. The molecule has 3 aliphatic rings. The molecule has 2 heterocycles. The molecule has 0 aromatic carbocycles. The highest BCUT2D eigenvalue weighted by atomic mass is 16.4. The molecule has 0 aromatic heterocycles. The Bertz CT molecular complexity index is 300. The highest BCUT2D eigenvalue weighted by molar-refractivity contribution is 5.75. The third-order valence-corrected chi connectivity index (χ3v) is 4.82. The molecule has 2 atom stereocenters. The molecule has 16 heavy (non-hydrogen) atoms. The first-order valence-corrected chi connectivity index (χ1v) is 6.27. The minimum atomic E-state index is -0.621. The summed E-state index contributed by atoms with van der Waals surface area (Å²) in [4.78, 5) is 13.6. The van der Waals surface area contributed by atoms with Gasteiger partial charge in [0.25, 0.3) is 0 Å². The van der Waals surface area contributed by atoms with Gasteiger partial charge in [-0.1, -0.05) is 0 Å². The summed E-state index contributed by atoms with van der Waals surface area (Å²) in [6, 6.07) is 0.534. The maximum atomic E-state index is 11.0. The van der Waals surface area contributed by atoms with Crippen LogP contribution >= 0.6 is 0 Å². The Morgan fingerprint density at radius 2 is 1.88 bits per heavy atom. The van der Waals surface area contributed by atoms with Gasteiger partial charge in [-0.25, -0.2) is 0 Å². The summed E-state index contributed by atoms with van der Waals surface area (Å²) in [5, 5.41) is 12.5. The molecule has 0 spiro atoms. The van der Waals surface area contributed by atoms with E-state index in [-0.39, 0.29) is 0 Å². The standard InChI is InChI=1S/C12H20N2O2/c1-12(11(15)16)2-10(3-12)14-6-8-4-13-5-9(8)7-14/h8-10,13H,2-7H2,1H3,(H,15,16)/t8-,9+,10?,12?. The van der Waals surface area contributed by atoms with Crippen LogP contribution in [0.25, 0.3) is 0 Å². The summed E-state index contributed by atoms with van der Waals surface area (Å²) in [6.07, 6.45) is 1.68. The maximum absolute atomic E-state index is 11.0. The van der Waals surface area contributed by atoms with E-state index in [1.165, 1.54) is 13.1 Å². The molecule has 90 valence electrons. The second kappa shape index (κ2) is 3.44. The fourth-order valence-electron chi connectivity index (χ4n) is 3.60. The van der Waals surface area contributed by atoms with Gasteiger partial charge < -0.3 is 10.4 Å². The van der Waals surface area contributed by atoms with Gasteiger partial charge >= 0.3 is 5.97 Å². The zero-order valence-corrected chi connectivity index (χ0v) is 9.78. The van der Waals surface area contributed by atoms with Gasteiger partial charge in [0.15, 0.2) is 0 Å². The van der Waals surface area contributed by atoms with Crippen LogP contribution in [0.5, 0.6) is 0 Å². The van der Waals surface area contributed by atoms with Crippen LogP contribution in [-0.4, -0.2) is 48.2 Å².